The van der Waals surface area contributed by atoms with Crippen LogP contribution in [0.15, 0.2) is 41.5 Å². The van der Waals surface area contributed by atoms with Crippen LogP contribution in [0.2, 0.25) is 0 Å². The van der Waals surface area contributed by atoms with Gasteiger partial charge in [-0.25, -0.2) is 4.98 Å². The zero-order chi connectivity index (χ0) is 23.8. The van der Waals surface area contributed by atoms with Crippen LogP contribution in [-0.2, 0) is 24.2 Å². The van der Waals surface area contributed by atoms with Crippen LogP contribution >= 0.6 is 22.7 Å². The summed E-state index contributed by atoms with van der Waals surface area (Å²) in [5, 5.41) is 3.26. The lowest BCUT2D eigenvalue weighted by molar-refractivity contribution is -0.116. The summed E-state index contributed by atoms with van der Waals surface area (Å²) in [6, 6.07) is 9.43. The quantitative estimate of drug-likeness (QED) is 0.423. The fourth-order valence-electron chi connectivity index (χ4n) is 4.19. The van der Waals surface area contributed by atoms with E-state index in [-0.39, 0.29) is 12.1 Å². The van der Waals surface area contributed by atoms with Gasteiger partial charge in [-0.1, -0.05) is 0 Å². The maximum atomic E-state index is 13.1. The van der Waals surface area contributed by atoms with Crippen molar-refractivity contribution in [2.24, 2.45) is 5.73 Å². The Morgan fingerprint density at radius 2 is 1.94 bits per heavy atom. The number of aromatic nitrogens is 2. The molecule has 1 aliphatic carbocycles. The first-order valence-corrected chi connectivity index (χ1v) is 12.5. The van der Waals surface area contributed by atoms with E-state index in [1.807, 2.05) is 30.3 Å². The van der Waals surface area contributed by atoms with Crippen LogP contribution in [0.4, 0.5) is 5.00 Å². The standard InChI is InChI=1S/C24H22N4O4S2/c1-32-14-8-6-13(7-9-14)18-10-16-21(33-18)24(31)28(12-26-16)11-19(29)27-23-20(22(25)30)15-4-2-3-5-17(15)34-23/h6-10,12H,2-5,11H2,1H3,(H2,25,30)(H,27,29). The lowest BCUT2D eigenvalue weighted by atomic mass is 9.95. The minimum atomic E-state index is -0.542. The Bertz CT molecular complexity index is 1470. The number of carbonyl (C=O) groups is 2. The monoisotopic (exact) mass is 494 g/mol. The van der Waals surface area contributed by atoms with E-state index in [0.717, 1.165) is 52.3 Å². The summed E-state index contributed by atoms with van der Waals surface area (Å²) in [6.07, 6.45) is 5.10. The van der Waals surface area contributed by atoms with E-state index in [2.05, 4.69) is 10.3 Å². The van der Waals surface area contributed by atoms with Crippen LogP contribution in [0.1, 0.15) is 33.6 Å². The van der Waals surface area contributed by atoms with Crippen molar-refractivity contribution < 1.29 is 14.3 Å². The number of aryl methyl sites for hydroxylation is 1. The van der Waals surface area contributed by atoms with E-state index < -0.39 is 11.8 Å². The zero-order valence-electron chi connectivity index (χ0n) is 18.4. The van der Waals surface area contributed by atoms with Gasteiger partial charge in [0.05, 0.1) is 24.5 Å². The lowest BCUT2D eigenvalue weighted by Crippen LogP contribution is -2.28. The van der Waals surface area contributed by atoms with E-state index in [1.54, 1.807) is 7.11 Å². The van der Waals surface area contributed by atoms with Crippen molar-refractivity contribution in [2.45, 2.75) is 32.2 Å². The summed E-state index contributed by atoms with van der Waals surface area (Å²) in [4.78, 5) is 44.3. The summed E-state index contributed by atoms with van der Waals surface area (Å²) in [5.41, 5.74) is 8.21. The topological polar surface area (TPSA) is 116 Å². The third-order valence-electron chi connectivity index (χ3n) is 5.86. The Morgan fingerprint density at radius 1 is 1.18 bits per heavy atom. The van der Waals surface area contributed by atoms with E-state index >= 15 is 0 Å². The van der Waals surface area contributed by atoms with Crippen molar-refractivity contribution in [2.75, 3.05) is 12.4 Å². The first-order chi connectivity index (χ1) is 16.4. The van der Waals surface area contributed by atoms with Crippen LogP contribution < -0.4 is 21.3 Å². The van der Waals surface area contributed by atoms with Crippen LogP contribution in [0.5, 0.6) is 5.75 Å². The maximum absolute atomic E-state index is 13.1. The number of nitrogens with one attached hydrogen (secondary N) is 1. The normalized spacial score (nSPS) is 13.0. The van der Waals surface area contributed by atoms with Gasteiger partial charge in [-0.3, -0.25) is 19.0 Å². The van der Waals surface area contributed by atoms with Crippen molar-refractivity contribution in [3.63, 3.8) is 0 Å². The van der Waals surface area contributed by atoms with Crippen LogP contribution in [-0.4, -0.2) is 28.5 Å². The zero-order valence-corrected chi connectivity index (χ0v) is 20.1. The minimum absolute atomic E-state index is 0.210. The molecule has 0 fully saturated rings. The fourth-order valence-corrected chi connectivity index (χ4v) is 6.57. The number of ether oxygens (including phenoxy) is 1. The number of anilines is 1. The molecule has 3 aromatic heterocycles. The molecule has 174 valence electrons. The lowest BCUT2D eigenvalue weighted by Gasteiger charge is -2.11. The Balaban J connectivity index is 1.39. The molecule has 0 aliphatic heterocycles. The molecule has 0 atom stereocenters. The second kappa shape index (κ2) is 9.03. The second-order valence-corrected chi connectivity index (χ2v) is 10.2. The molecule has 5 rings (SSSR count). The van der Waals surface area contributed by atoms with Gasteiger partial charge in [0.15, 0.2) is 0 Å². The van der Waals surface area contributed by atoms with Gasteiger partial charge in [0.2, 0.25) is 5.91 Å². The van der Waals surface area contributed by atoms with Crippen molar-refractivity contribution in [3.8, 4) is 16.2 Å². The molecule has 0 spiro atoms. The van der Waals surface area contributed by atoms with Gasteiger partial charge in [-0.2, -0.15) is 0 Å². The van der Waals surface area contributed by atoms with Gasteiger partial charge in [-0.15, -0.1) is 22.7 Å². The molecule has 8 nitrogen and oxygen atoms in total. The average Bonchev–Trinajstić information content (AvgIpc) is 3.43. The average molecular weight is 495 g/mol. The minimum Gasteiger partial charge on any atom is -0.497 e. The number of nitrogens with two attached hydrogens (primary N) is 1. The molecular formula is C24H22N4O4S2. The molecule has 0 bridgehead atoms. The van der Waals surface area contributed by atoms with Crippen LogP contribution in [0.3, 0.4) is 0 Å². The molecule has 34 heavy (non-hydrogen) atoms. The molecule has 3 heterocycles. The van der Waals surface area contributed by atoms with E-state index in [9.17, 15) is 14.4 Å². The smallest absolute Gasteiger partial charge is 0.271 e. The van der Waals surface area contributed by atoms with E-state index in [0.29, 0.717) is 20.8 Å². The predicted octanol–water partition coefficient (Wildman–Crippen LogP) is 3.81. The number of thiophene rings is 2. The molecule has 0 unspecified atom stereocenters. The molecule has 0 saturated carbocycles. The highest BCUT2D eigenvalue weighted by Gasteiger charge is 2.25. The number of carbonyl (C=O) groups excluding carboxylic acids is 2. The third kappa shape index (κ3) is 4.10. The highest BCUT2D eigenvalue weighted by molar-refractivity contribution is 7.22. The first kappa shape index (κ1) is 22.3. The molecule has 10 heteroatoms. The molecule has 0 radical (unpaired) electrons. The summed E-state index contributed by atoms with van der Waals surface area (Å²) in [7, 11) is 1.61. The summed E-state index contributed by atoms with van der Waals surface area (Å²) in [5.74, 6) is -0.196. The van der Waals surface area contributed by atoms with Gasteiger partial charge in [0.1, 0.15) is 22.0 Å². The Morgan fingerprint density at radius 3 is 2.68 bits per heavy atom. The Labute approximate surface area is 203 Å². The number of methoxy groups -OCH3 is 1. The van der Waals surface area contributed by atoms with Crippen molar-refractivity contribution >= 4 is 49.7 Å². The number of benzene rings is 1. The fraction of sp³-hybridized carbons (Fsp3) is 0.250. The summed E-state index contributed by atoms with van der Waals surface area (Å²) >= 11 is 2.73. The molecule has 4 aromatic rings. The van der Waals surface area contributed by atoms with Gasteiger partial charge in [0.25, 0.3) is 11.5 Å². The highest BCUT2D eigenvalue weighted by atomic mass is 32.1. The van der Waals surface area contributed by atoms with Crippen LogP contribution in [0, 0.1) is 0 Å². The number of fused-ring (bicyclic) bond motifs is 2. The van der Waals surface area contributed by atoms with Crippen molar-refractivity contribution in [1.29, 1.82) is 0 Å². The first-order valence-electron chi connectivity index (χ1n) is 10.8. The Hall–Kier alpha value is -3.50. The van der Waals surface area contributed by atoms with Crippen molar-refractivity contribution in [1.82, 2.24) is 9.55 Å². The van der Waals surface area contributed by atoms with Crippen molar-refractivity contribution in [3.05, 3.63) is 63.0 Å². The maximum Gasteiger partial charge on any atom is 0.271 e. The van der Waals surface area contributed by atoms with Gasteiger partial charge in [-0.05, 0) is 67.1 Å². The molecule has 0 saturated heterocycles. The number of primary amides is 1. The Kier molecular flexibility index (Phi) is 5.93. The number of amides is 2. The van der Waals surface area contributed by atoms with E-state index in [1.165, 1.54) is 33.6 Å². The van der Waals surface area contributed by atoms with Gasteiger partial charge in [0, 0.05) is 9.75 Å². The second-order valence-electron chi connectivity index (χ2n) is 8.06. The van der Waals surface area contributed by atoms with E-state index in [4.69, 9.17) is 10.5 Å². The SMILES string of the molecule is COc1ccc(-c2cc3ncn(CC(=O)Nc4sc5c(c4C(N)=O)CCCC5)c(=O)c3s2)cc1. The summed E-state index contributed by atoms with van der Waals surface area (Å²) < 4.78 is 6.96. The van der Waals surface area contributed by atoms with Crippen LogP contribution in [0.25, 0.3) is 20.7 Å². The molecule has 1 aromatic carbocycles. The molecule has 2 amide bonds. The number of nitrogens with zero attached hydrogens (tertiary/aromatic N) is 2. The summed E-state index contributed by atoms with van der Waals surface area (Å²) in [6.45, 7) is -0.210. The predicted molar refractivity (Wildman–Crippen MR) is 134 cm³/mol. The molecular weight excluding hydrogens is 472 g/mol. The van der Waals surface area contributed by atoms with Gasteiger partial charge < -0.3 is 15.8 Å². The molecule has 3 N–H and O–H groups in total. The largest absolute Gasteiger partial charge is 0.497 e. The number of rotatable bonds is 6. The molecule has 1 aliphatic rings. The highest BCUT2D eigenvalue weighted by Crippen LogP contribution is 2.38. The van der Waals surface area contributed by atoms with Gasteiger partial charge >= 0.3 is 0 Å². The number of hydrogen-bond donors (Lipinski definition) is 2. The third-order valence-corrected chi connectivity index (χ3v) is 8.23. The number of hydrogen-bond acceptors (Lipinski definition) is 7.